The third kappa shape index (κ3) is 1.04. The zero-order valence-corrected chi connectivity index (χ0v) is 5.00. The zero-order valence-electron chi connectivity index (χ0n) is 5.00. The van der Waals surface area contributed by atoms with Gasteiger partial charge < -0.3 is 4.98 Å². The maximum Gasteiger partial charge on any atom is 0.115 e. The molecule has 0 atom stereocenters. The van der Waals surface area contributed by atoms with E-state index in [0.717, 1.165) is 5.69 Å². The Bertz CT molecular complexity index is 195. The molecule has 4 nitrogen and oxygen atoms in total. The van der Waals surface area contributed by atoms with Gasteiger partial charge in [0.05, 0.1) is 0 Å². The summed E-state index contributed by atoms with van der Waals surface area (Å²) in [6.07, 6.45) is 1.63. The maximum absolute atomic E-state index is 8.46. The maximum atomic E-state index is 8.46. The Morgan fingerprint density at radius 2 is 2.22 bits per heavy atom. The number of aromatic amines is 1. The summed E-state index contributed by atoms with van der Waals surface area (Å²) < 4.78 is 0. The van der Waals surface area contributed by atoms with Crippen molar-refractivity contribution in [1.82, 2.24) is 4.98 Å². The van der Waals surface area contributed by atoms with Crippen molar-refractivity contribution in [1.29, 1.82) is 0 Å². The van der Waals surface area contributed by atoms with Crippen molar-refractivity contribution in [2.45, 2.75) is 6.92 Å². The van der Waals surface area contributed by atoms with Gasteiger partial charge in [-0.15, -0.1) is 5.23 Å². The fraction of sp³-hybridized carbons (Fsp3) is 0.200. The number of nitrogens with one attached hydrogen (secondary N) is 1. The van der Waals surface area contributed by atoms with Crippen LogP contribution in [0.5, 0.6) is 0 Å². The Morgan fingerprint density at radius 1 is 1.56 bits per heavy atom. The van der Waals surface area contributed by atoms with E-state index in [1.54, 1.807) is 19.2 Å². The fourth-order valence-corrected chi connectivity index (χ4v) is 0.661. The molecular formula is C5H8N2O2. The van der Waals surface area contributed by atoms with E-state index < -0.39 is 0 Å². The predicted molar refractivity (Wildman–Crippen MR) is 31.6 cm³/mol. The minimum Gasteiger partial charge on any atom is -0.363 e. The lowest BCUT2D eigenvalue weighted by Gasteiger charge is -2.04. The van der Waals surface area contributed by atoms with E-state index in [2.05, 4.69) is 4.98 Å². The van der Waals surface area contributed by atoms with Crippen LogP contribution < -0.4 is 5.23 Å². The summed E-state index contributed by atoms with van der Waals surface area (Å²) in [6, 6.07) is 1.56. The van der Waals surface area contributed by atoms with Crippen LogP contribution in [0.1, 0.15) is 5.69 Å². The summed E-state index contributed by atoms with van der Waals surface area (Å²) in [4.78, 5) is 2.79. The largest absolute Gasteiger partial charge is 0.363 e. The van der Waals surface area contributed by atoms with Crippen molar-refractivity contribution in [2.24, 2.45) is 0 Å². The average molecular weight is 128 g/mol. The monoisotopic (exact) mass is 128 g/mol. The zero-order chi connectivity index (χ0) is 6.85. The Labute approximate surface area is 52.3 Å². The van der Waals surface area contributed by atoms with E-state index >= 15 is 0 Å². The van der Waals surface area contributed by atoms with Gasteiger partial charge in [0.2, 0.25) is 0 Å². The molecule has 0 aliphatic heterocycles. The third-order valence-electron chi connectivity index (χ3n) is 1.14. The van der Waals surface area contributed by atoms with Gasteiger partial charge in [-0.05, 0) is 13.0 Å². The summed E-state index contributed by atoms with van der Waals surface area (Å²) in [6.45, 7) is 1.74. The minimum atomic E-state index is 0.0891. The summed E-state index contributed by atoms with van der Waals surface area (Å²) in [5, 5.41) is 17.0. The number of H-pyrrole nitrogens is 1. The second-order valence-corrected chi connectivity index (χ2v) is 1.78. The molecule has 3 N–H and O–H groups in total. The molecule has 0 bridgehead atoms. The van der Waals surface area contributed by atoms with Crippen LogP contribution in [0.4, 0.5) is 5.69 Å². The number of hydrogen-bond acceptors (Lipinski definition) is 3. The Kier molecular flexibility index (Phi) is 1.42. The number of nitrogens with zero attached hydrogens (tertiary/aromatic N) is 1. The van der Waals surface area contributed by atoms with E-state index in [-0.39, 0.29) is 5.23 Å². The topological polar surface area (TPSA) is 59.5 Å². The highest BCUT2D eigenvalue weighted by Gasteiger charge is 2.01. The smallest absolute Gasteiger partial charge is 0.115 e. The number of hydrogen-bond donors (Lipinski definition) is 3. The summed E-state index contributed by atoms with van der Waals surface area (Å²) in [5.41, 5.74) is 1.09. The van der Waals surface area contributed by atoms with Crippen LogP contribution in [-0.2, 0) is 0 Å². The molecule has 1 heterocycles. The molecule has 1 aromatic heterocycles. The van der Waals surface area contributed by atoms with Crippen LogP contribution in [0.15, 0.2) is 12.3 Å². The first-order chi connectivity index (χ1) is 4.22. The van der Waals surface area contributed by atoms with Gasteiger partial charge in [-0.1, -0.05) is 0 Å². The van der Waals surface area contributed by atoms with Gasteiger partial charge in [-0.2, -0.15) is 0 Å². The molecule has 9 heavy (non-hydrogen) atoms. The van der Waals surface area contributed by atoms with Gasteiger partial charge in [-0.3, -0.25) is 10.4 Å². The van der Waals surface area contributed by atoms with Gasteiger partial charge in [0.1, 0.15) is 5.69 Å². The molecule has 0 unspecified atom stereocenters. The lowest BCUT2D eigenvalue weighted by atomic mass is 10.4. The molecule has 50 valence electrons. The highest BCUT2D eigenvalue weighted by atomic mass is 16.8. The van der Waals surface area contributed by atoms with E-state index in [1.165, 1.54) is 0 Å². The minimum absolute atomic E-state index is 0.0891. The molecule has 0 aliphatic carbocycles. The molecule has 0 saturated heterocycles. The first-order valence-electron chi connectivity index (χ1n) is 2.53. The highest BCUT2D eigenvalue weighted by Crippen LogP contribution is 2.13. The first kappa shape index (κ1) is 6.12. The first-order valence-corrected chi connectivity index (χ1v) is 2.53. The summed E-state index contributed by atoms with van der Waals surface area (Å²) in [5.74, 6) is 0. The molecule has 1 rings (SSSR count). The molecule has 0 radical (unpaired) electrons. The normalized spacial score (nSPS) is 9.67. The van der Waals surface area contributed by atoms with Crippen LogP contribution in [0, 0.1) is 6.92 Å². The number of rotatable bonds is 1. The van der Waals surface area contributed by atoms with Crippen molar-refractivity contribution in [2.75, 3.05) is 5.23 Å². The fourth-order valence-electron chi connectivity index (χ4n) is 0.661. The number of aryl methyl sites for hydroxylation is 1. The molecule has 0 aliphatic rings. The SMILES string of the molecule is Cc1[nH]ccc1N(O)O. The molecular weight excluding hydrogens is 120 g/mol. The second kappa shape index (κ2) is 2.08. The Balaban J connectivity index is 2.94. The molecule has 1 aromatic rings. The van der Waals surface area contributed by atoms with Crippen LogP contribution >= 0.6 is 0 Å². The summed E-state index contributed by atoms with van der Waals surface area (Å²) >= 11 is 0. The van der Waals surface area contributed by atoms with Gasteiger partial charge in [-0.25, -0.2) is 0 Å². The van der Waals surface area contributed by atoms with Crippen LogP contribution in [0.2, 0.25) is 0 Å². The lowest BCUT2D eigenvalue weighted by Crippen LogP contribution is -2.10. The van der Waals surface area contributed by atoms with Crippen molar-refractivity contribution < 1.29 is 10.4 Å². The Hall–Kier alpha value is -1.00. The quantitative estimate of drug-likeness (QED) is 0.492. The van der Waals surface area contributed by atoms with Gasteiger partial charge in [0.15, 0.2) is 0 Å². The standard InChI is InChI=1S/C5H8N2O2/c1-4-5(7(8)9)2-3-6-4/h2-3,6,8-9H,1H3. The molecule has 0 spiro atoms. The second-order valence-electron chi connectivity index (χ2n) is 1.78. The van der Waals surface area contributed by atoms with Crippen molar-refractivity contribution in [3.63, 3.8) is 0 Å². The van der Waals surface area contributed by atoms with Gasteiger partial charge in [0.25, 0.3) is 0 Å². The van der Waals surface area contributed by atoms with Crippen molar-refractivity contribution >= 4 is 5.69 Å². The van der Waals surface area contributed by atoms with E-state index in [1.807, 2.05) is 0 Å². The van der Waals surface area contributed by atoms with E-state index in [0.29, 0.717) is 5.69 Å². The highest BCUT2D eigenvalue weighted by molar-refractivity contribution is 5.45. The van der Waals surface area contributed by atoms with Crippen LogP contribution in [0.25, 0.3) is 0 Å². The van der Waals surface area contributed by atoms with Gasteiger partial charge >= 0.3 is 0 Å². The van der Waals surface area contributed by atoms with Crippen LogP contribution in [0.3, 0.4) is 0 Å². The molecule has 0 saturated carbocycles. The number of anilines is 1. The van der Waals surface area contributed by atoms with Crippen molar-refractivity contribution in [3.05, 3.63) is 18.0 Å². The van der Waals surface area contributed by atoms with Crippen molar-refractivity contribution in [3.8, 4) is 0 Å². The Morgan fingerprint density at radius 3 is 2.44 bits per heavy atom. The molecule has 0 fully saturated rings. The van der Waals surface area contributed by atoms with E-state index in [4.69, 9.17) is 10.4 Å². The summed E-state index contributed by atoms with van der Waals surface area (Å²) in [7, 11) is 0. The molecule has 0 aromatic carbocycles. The third-order valence-corrected chi connectivity index (χ3v) is 1.14. The van der Waals surface area contributed by atoms with Gasteiger partial charge in [0, 0.05) is 11.9 Å². The average Bonchev–Trinajstić information content (AvgIpc) is 2.13. The number of aromatic nitrogens is 1. The lowest BCUT2D eigenvalue weighted by molar-refractivity contribution is 0.0289. The predicted octanol–water partition coefficient (Wildman–Crippen LogP) is 0.908. The van der Waals surface area contributed by atoms with E-state index in [9.17, 15) is 0 Å². The molecule has 4 heteroatoms. The van der Waals surface area contributed by atoms with Crippen LogP contribution in [-0.4, -0.2) is 15.4 Å². The molecule has 0 amide bonds.